The molecular formula is C21H17ClN6O. The Morgan fingerprint density at radius 3 is 2.72 bits per heavy atom. The summed E-state index contributed by atoms with van der Waals surface area (Å²) in [4.78, 5) is 24.6. The van der Waals surface area contributed by atoms with Gasteiger partial charge >= 0.3 is 0 Å². The third-order valence-corrected chi connectivity index (χ3v) is 5.32. The fraction of sp³-hybridized carbons (Fsp3) is 0.143. The number of nitrogens with zero attached hydrogens (tertiary/aromatic N) is 5. The second-order valence-electron chi connectivity index (χ2n) is 6.90. The normalized spacial score (nSPS) is 11.5. The first kappa shape index (κ1) is 17.6. The van der Waals surface area contributed by atoms with E-state index >= 15 is 0 Å². The lowest BCUT2D eigenvalue weighted by molar-refractivity contribution is 0.666. The van der Waals surface area contributed by atoms with Gasteiger partial charge in [0, 0.05) is 47.8 Å². The fourth-order valence-corrected chi connectivity index (χ4v) is 3.74. The molecule has 5 aromatic rings. The van der Waals surface area contributed by atoms with Crippen molar-refractivity contribution in [1.29, 1.82) is 0 Å². The van der Waals surface area contributed by atoms with E-state index in [-0.39, 0.29) is 5.56 Å². The van der Waals surface area contributed by atoms with E-state index in [4.69, 9.17) is 11.6 Å². The van der Waals surface area contributed by atoms with Crippen molar-refractivity contribution in [3.63, 3.8) is 0 Å². The van der Waals surface area contributed by atoms with E-state index in [9.17, 15) is 4.79 Å². The first-order chi connectivity index (χ1) is 14.1. The Kier molecular flexibility index (Phi) is 4.17. The van der Waals surface area contributed by atoms with Crippen molar-refractivity contribution in [1.82, 2.24) is 29.1 Å². The number of fused-ring (bicyclic) bond motifs is 3. The molecule has 7 nitrogen and oxygen atoms in total. The Hall–Kier alpha value is -3.45. The van der Waals surface area contributed by atoms with E-state index < -0.39 is 0 Å². The Morgan fingerprint density at radius 1 is 1.14 bits per heavy atom. The zero-order valence-electron chi connectivity index (χ0n) is 15.6. The molecule has 0 spiro atoms. The standard InChI is InChI=1S/C21H17ClN6O/c1-13-19(14-2-4-15(22)5-3-14)20-24-11-17-18(28(20)26-13)7-9-27(21(17)29)8-6-16-10-23-12-25-16/h2-5,7,9-12H,6,8H2,1H3,(H,23,25). The molecule has 0 saturated heterocycles. The molecule has 0 bridgehead atoms. The van der Waals surface area contributed by atoms with Crippen LogP contribution in [-0.2, 0) is 13.0 Å². The molecule has 0 radical (unpaired) electrons. The number of nitrogens with one attached hydrogen (secondary N) is 1. The van der Waals surface area contributed by atoms with Gasteiger partial charge in [0.2, 0.25) is 0 Å². The van der Waals surface area contributed by atoms with Crippen LogP contribution in [0.5, 0.6) is 0 Å². The van der Waals surface area contributed by atoms with E-state index in [1.54, 1.807) is 34.0 Å². The van der Waals surface area contributed by atoms with Gasteiger partial charge in [-0.3, -0.25) is 4.79 Å². The molecule has 5 rings (SSSR count). The van der Waals surface area contributed by atoms with Gasteiger partial charge in [-0.05, 0) is 30.7 Å². The number of aromatic amines is 1. The van der Waals surface area contributed by atoms with Crippen LogP contribution in [0.1, 0.15) is 11.4 Å². The molecule has 29 heavy (non-hydrogen) atoms. The van der Waals surface area contributed by atoms with Gasteiger partial charge in [-0.15, -0.1) is 0 Å². The minimum atomic E-state index is -0.0855. The number of halogens is 1. The molecule has 0 atom stereocenters. The van der Waals surface area contributed by atoms with E-state index in [0.29, 0.717) is 29.0 Å². The van der Waals surface area contributed by atoms with Crippen LogP contribution in [-0.4, -0.2) is 29.1 Å². The number of aryl methyl sites for hydroxylation is 3. The molecule has 0 amide bonds. The van der Waals surface area contributed by atoms with Crippen molar-refractivity contribution >= 4 is 28.2 Å². The fourth-order valence-electron chi connectivity index (χ4n) is 3.61. The van der Waals surface area contributed by atoms with Crippen LogP contribution in [0, 0.1) is 6.92 Å². The summed E-state index contributed by atoms with van der Waals surface area (Å²) >= 11 is 6.02. The number of pyridine rings is 1. The predicted molar refractivity (Wildman–Crippen MR) is 112 cm³/mol. The van der Waals surface area contributed by atoms with Gasteiger partial charge < -0.3 is 9.55 Å². The first-order valence-electron chi connectivity index (χ1n) is 9.22. The SMILES string of the molecule is Cc1nn2c(ncc3c(=O)n(CCc4cnc[nH]4)ccc32)c1-c1ccc(Cl)cc1. The zero-order chi connectivity index (χ0) is 20.0. The number of benzene rings is 1. The van der Waals surface area contributed by atoms with Gasteiger partial charge in [0.1, 0.15) is 0 Å². The summed E-state index contributed by atoms with van der Waals surface area (Å²) in [6, 6.07) is 9.51. The molecule has 144 valence electrons. The average molecular weight is 405 g/mol. The first-order valence-corrected chi connectivity index (χ1v) is 9.60. The zero-order valence-corrected chi connectivity index (χ0v) is 16.4. The summed E-state index contributed by atoms with van der Waals surface area (Å²) in [5.74, 6) is 0. The molecule has 0 aliphatic heterocycles. The number of aromatic nitrogens is 6. The average Bonchev–Trinajstić information content (AvgIpc) is 3.35. The minimum absolute atomic E-state index is 0.0855. The van der Waals surface area contributed by atoms with Gasteiger partial charge in [-0.25, -0.2) is 14.5 Å². The molecule has 1 aromatic carbocycles. The topological polar surface area (TPSA) is 80.9 Å². The Morgan fingerprint density at radius 2 is 1.97 bits per heavy atom. The highest BCUT2D eigenvalue weighted by Gasteiger charge is 2.16. The predicted octanol–water partition coefficient (Wildman–Crippen LogP) is 3.64. The number of hydrogen-bond acceptors (Lipinski definition) is 4. The van der Waals surface area contributed by atoms with Crippen LogP contribution < -0.4 is 5.56 Å². The van der Waals surface area contributed by atoms with Gasteiger partial charge in [-0.1, -0.05) is 23.7 Å². The van der Waals surface area contributed by atoms with Crippen molar-refractivity contribution < 1.29 is 0 Å². The monoisotopic (exact) mass is 404 g/mol. The molecular weight excluding hydrogens is 388 g/mol. The lowest BCUT2D eigenvalue weighted by Gasteiger charge is -2.07. The maximum Gasteiger partial charge on any atom is 0.261 e. The molecule has 0 aliphatic carbocycles. The maximum atomic E-state index is 13.0. The van der Waals surface area contributed by atoms with E-state index in [1.165, 1.54) is 0 Å². The molecule has 0 aliphatic rings. The summed E-state index contributed by atoms with van der Waals surface area (Å²) in [7, 11) is 0. The van der Waals surface area contributed by atoms with Gasteiger partial charge in [0.15, 0.2) is 5.65 Å². The Bertz CT molecular complexity index is 1380. The van der Waals surface area contributed by atoms with Crippen LogP contribution in [0.4, 0.5) is 0 Å². The second-order valence-corrected chi connectivity index (χ2v) is 7.34. The highest BCUT2D eigenvalue weighted by atomic mass is 35.5. The lowest BCUT2D eigenvalue weighted by atomic mass is 10.1. The van der Waals surface area contributed by atoms with Gasteiger partial charge in [-0.2, -0.15) is 5.10 Å². The van der Waals surface area contributed by atoms with Crippen molar-refractivity contribution in [3.8, 4) is 11.1 Å². The molecule has 4 aromatic heterocycles. The van der Waals surface area contributed by atoms with Crippen LogP contribution in [0.25, 0.3) is 27.7 Å². The van der Waals surface area contributed by atoms with E-state index in [0.717, 1.165) is 28.0 Å². The van der Waals surface area contributed by atoms with E-state index in [1.807, 2.05) is 37.3 Å². The lowest BCUT2D eigenvalue weighted by Crippen LogP contribution is -2.21. The molecule has 4 heterocycles. The summed E-state index contributed by atoms with van der Waals surface area (Å²) < 4.78 is 3.43. The third kappa shape index (κ3) is 3.00. The van der Waals surface area contributed by atoms with Crippen LogP contribution >= 0.6 is 11.6 Å². The molecule has 1 N–H and O–H groups in total. The van der Waals surface area contributed by atoms with E-state index in [2.05, 4.69) is 20.1 Å². The number of hydrogen-bond donors (Lipinski definition) is 1. The van der Waals surface area contributed by atoms with Crippen LogP contribution in [0.15, 0.2) is 60.0 Å². The summed E-state index contributed by atoms with van der Waals surface area (Å²) in [6.07, 6.45) is 7.54. The van der Waals surface area contributed by atoms with Crippen molar-refractivity contribution in [2.75, 3.05) is 0 Å². The highest BCUT2D eigenvalue weighted by molar-refractivity contribution is 6.30. The number of rotatable bonds is 4. The molecule has 0 saturated carbocycles. The Labute approximate surface area is 170 Å². The molecule has 8 heteroatoms. The number of H-pyrrole nitrogens is 1. The number of imidazole rings is 1. The van der Waals surface area contributed by atoms with Crippen molar-refractivity contribution in [3.05, 3.63) is 82.0 Å². The molecule has 0 fully saturated rings. The maximum absolute atomic E-state index is 13.0. The summed E-state index contributed by atoms with van der Waals surface area (Å²) in [6.45, 7) is 2.50. The van der Waals surface area contributed by atoms with Crippen molar-refractivity contribution in [2.24, 2.45) is 0 Å². The summed E-state index contributed by atoms with van der Waals surface area (Å²) in [5.41, 5.74) is 5.12. The van der Waals surface area contributed by atoms with Crippen LogP contribution in [0.3, 0.4) is 0 Å². The van der Waals surface area contributed by atoms with Crippen molar-refractivity contribution in [2.45, 2.75) is 19.9 Å². The second kappa shape index (κ2) is 6.86. The highest BCUT2D eigenvalue weighted by Crippen LogP contribution is 2.29. The quantitative estimate of drug-likeness (QED) is 0.496. The Balaban J connectivity index is 1.62. The minimum Gasteiger partial charge on any atom is -0.348 e. The van der Waals surface area contributed by atoms with Gasteiger partial charge in [0.25, 0.3) is 5.56 Å². The summed E-state index contributed by atoms with van der Waals surface area (Å²) in [5, 5.41) is 5.87. The molecule has 0 unspecified atom stereocenters. The van der Waals surface area contributed by atoms with Crippen LogP contribution in [0.2, 0.25) is 5.02 Å². The smallest absolute Gasteiger partial charge is 0.261 e. The largest absolute Gasteiger partial charge is 0.348 e. The van der Waals surface area contributed by atoms with Gasteiger partial charge in [0.05, 0.1) is 22.9 Å². The third-order valence-electron chi connectivity index (χ3n) is 5.07.